The van der Waals surface area contributed by atoms with Crippen LogP contribution in [-0.4, -0.2) is 39.5 Å². The topological polar surface area (TPSA) is 76.0 Å². The Balaban J connectivity index is 1.98. The summed E-state index contributed by atoms with van der Waals surface area (Å²) in [6.07, 6.45) is -18.0. The van der Waals surface area contributed by atoms with Gasteiger partial charge in [-0.15, -0.1) is 0 Å². The maximum absolute atomic E-state index is 13.8. The number of nitrogens with zero attached hydrogens (tertiary/aromatic N) is 2. The average Bonchev–Trinajstić information content (AvgIpc) is 3.41. The number of aromatic nitrogens is 2. The molecule has 1 aromatic carbocycles. The van der Waals surface area contributed by atoms with E-state index in [2.05, 4.69) is 5.10 Å². The first-order chi connectivity index (χ1) is 16.6. The Morgan fingerprint density at radius 3 is 2.00 bits per heavy atom. The first-order valence-corrected chi connectivity index (χ1v) is 10.1. The van der Waals surface area contributed by atoms with Crippen LogP contribution in [0.2, 0.25) is 5.02 Å². The summed E-state index contributed by atoms with van der Waals surface area (Å²) in [5.41, 5.74) is -10.9. The fourth-order valence-electron chi connectivity index (χ4n) is 3.26. The van der Waals surface area contributed by atoms with Gasteiger partial charge < -0.3 is 10.6 Å². The van der Waals surface area contributed by atoms with Crippen molar-refractivity contribution in [1.82, 2.24) is 15.1 Å². The van der Waals surface area contributed by atoms with Gasteiger partial charge in [-0.05, 0) is 31.0 Å². The van der Waals surface area contributed by atoms with E-state index in [1.165, 1.54) is 0 Å². The van der Waals surface area contributed by atoms with Crippen LogP contribution in [0, 0.1) is 0 Å². The van der Waals surface area contributed by atoms with Gasteiger partial charge in [-0.1, -0.05) is 11.6 Å². The van der Waals surface area contributed by atoms with E-state index in [-0.39, 0.29) is 4.68 Å². The van der Waals surface area contributed by atoms with Gasteiger partial charge in [0.2, 0.25) is 0 Å². The second-order valence-electron chi connectivity index (χ2n) is 7.95. The Kier molecular flexibility index (Phi) is 6.72. The first kappa shape index (κ1) is 28.5. The molecule has 0 bridgehead atoms. The van der Waals surface area contributed by atoms with Crippen LogP contribution < -0.4 is 10.6 Å². The molecule has 37 heavy (non-hydrogen) atoms. The highest BCUT2D eigenvalue weighted by atomic mass is 35.5. The summed E-state index contributed by atoms with van der Waals surface area (Å²) < 4.78 is 146. The Morgan fingerprint density at radius 2 is 1.54 bits per heavy atom. The Bertz CT molecular complexity index is 1240. The number of amides is 2. The lowest BCUT2D eigenvalue weighted by Crippen LogP contribution is -2.47. The molecule has 1 fully saturated rings. The number of carbonyl (C=O) groups is 2. The maximum Gasteiger partial charge on any atom is 0.459 e. The lowest BCUT2D eigenvalue weighted by molar-refractivity contribution is -0.292. The van der Waals surface area contributed by atoms with E-state index in [9.17, 15) is 57.9 Å². The van der Waals surface area contributed by atoms with E-state index in [1.807, 2.05) is 0 Å². The molecule has 0 aliphatic heterocycles. The van der Waals surface area contributed by atoms with Crippen molar-refractivity contribution in [1.29, 1.82) is 0 Å². The van der Waals surface area contributed by atoms with Gasteiger partial charge in [0, 0.05) is 12.7 Å². The summed E-state index contributed by atoms with van der Waals surface area (Å²) in [6, 6.07) is 2.45. The SMILES string of the molecule is Cn1nc(C(F)(F)C(F)(F)F)c(C(F)(F)F)c1C(=O)Nc1ccc(Cl)c(C(=O)NC2(C(F)(F)F)CC2)c1. The summed E-state index contributed by atoms with van der Waals surface area (Å²) in [6.45, 7) is 0. The monoisotopic (exact) mass is 572 g/mol. The lowest BCUT2D eigenvalue weighted by atomic mass is 10.1. The highest BCUT2D eigenvalue weighted by molar-refractivity contribution is 6.34. The summed E-state index contributed by atoms with van der Waals surface area (Å²) in [5.74, 6) is -9.30. The number of anilines is 1. The third-order valence-corrected chi connectivity index (χ3v) is 5.64. The van der Waals surface area contributed by atoms with Gasteiger partial charge in [0.15, 0.2) is 5.69 Å². The van der Waals surface area contributed by atoms with Gasteiger partial charge in [-0.25, -0.2) is 0 Å². The Morgan fingerprint density at radius 1 is 0.973 bits per heavy atom. The fourth-order valence-corrected chi connectivity index (χ4v) is 3.47. The van der Waals surface area contributed by atoms with Gasteiger partial charge in [0.05, 0.1) is 10.6 Å². The molecule has 0 radical (unpaired) electrons. The molecule has 1 aliphatic rings. The van der Waals surface area contributed by atoms with E-state index >= 15 is 0 Å². The van der Waals surface area contributed by atoms with Crippen LogP contribution in [-0.2, 0) is 19.1 Å². The van der Waals surface area contributed by atoms with E-state index < -0.39 is 87.9 Å². The van der Waals surface area contributed by atoms with Crippen molar-refractivity contribution in [2.75, 3.05) is 5.32 Å². The third-order valence-electron chi connectivity index (χ3n) is 5.31. The molecule has 1 saturated carbocycles. The fraction of sp³-hybridized carbons (Fsp3) is 0.421. The van der Waals surface area contributed by atoms with Crippen molar-refractivity contribution in [3.8, 4) is 0 Å². The minimum Gasteiger partial charge on any atom is -0.338 e. The number of nitrogens with one attached hydrogen (secondary N) is 2. The first-order valence-electron chi connectivity index (χ1n) is 9.72. The van der Waals surface area contributed by atoms with Gasteiger partial charge >= 0.3 is 24.5 Å². The number of halogens is 12. The average molecular weight is 573 g/mol. The van der Waals surface area contributed by atoms with Crippen LogP contribution in [0.4, 0.5) is 54.0 Å². The molecular formula is C19H12ClF11N4O2. The molecule has 2 aromatic rings. The lowest BCUT2D eigenvalue weighted by Gasteiger charge is -2.21. The van der Waals surface area contributed by atoms with Crippen LogP contribution >= 0.6 is 11.6 Å². The zero-order chi connectivity index (χ0) is 28.4. The second kappa shape index (κ2) is 8.73. The zero-order valence-corrected chi connectivity index (χ0v) is 18.6. The van der Waals surface area contributed by atoms with Crippen LogP contribution in [0.5, 0.6) is 0 Å². The van der Waals surface area contributed by atoms with Crippen molar-refractivity contribution in [3.63, 3.8) is 0 Å². The molecule has 1 aliphatic carbocycles. The molecule has 1 aromatic heterocycles. The molecule has 1 heterocycles. The van der Waals surface area contributed by atoms with Crippen LogP contribution in [0.25, 0.3) is 0 Å². The maximum atomic E-state index is 13.8. The smallest absolute Gasteiger partial charge is 0.338 e. The van der Waals surface area contributed by atoms with E-state index in [4.69, 9.17) is 11.6 Å². The molecule has 0 atom stereocenters. The number of hydrogen-bond donors (Lipinski definition) is 2. The zero-order valence-electron chi connectivity index (χ0n) is 17.9. The molecule has 0 saturated heterocycles. The second-order valence-corrected chi connectivity index (χ2v) is 8.36. The van der Waals surface area contributed by atoms with Crippen molar-refractivity contribution < 1.29 is 57.9 Å². The largest absolute Gasteiger partial charge is 0.459 e. The van der Waals surface area contributed by atoms with Gasteiger partial charge in [-0.2, -0.15) is 53.4 Å². The van der Waals surface area contributed by atoms with E-state index in [0.29, 0.717) is 13.1 Å². The predicted octanol–water partition coefficient (Wildman–Crippen LogP) is 5.82. The molecule has 0 spiro atoms. The highest BCUT2D eigenvalue weighted by Gasteiger charge is 2.65. The molecule has 3 rings (SSSR count). The van der Waals surface area contributed by atoms with Crippen LogP contribution in [0.3, 0.4) is 0 Å². The molecule has 204 valence electrons. The van der Waals surface area contributed by atoms with Crippen molar-refractivity contribution >= 4 is 29.1 Å². The Labute approximate surface area is 203 Å². The van der Waals surface area contributed by atoms with Crippen LogP contribution in [0.1, 0.15) is 44.9 Å². The summed E-state index contributed by atoms with van der Waals surface area (Å²) in [4.78, 5) is 24.9. The summed E-state index contributed by atoms with van der Waals surface area (Å²) >= 11 is 5.81. The number of rotatable bonds is 5. The number of aryl methyl sites for hydroxylation is 1. The van der Waals surface area contributed by atoms with Crippen molar-refractivity contribution in [3.05, 3.63) is 45.7 Å². The quantitative estimate of drug-likeness (QED) is 0.443. The van der Waals surface area contributed by atoms with Crippen molar-refractivity contribution in [2.45, 2.75) is 42.8 Å². The van der Waals surface area contributed by atoms with Gasteiger partial charge in [0.25, 0.3) is 11.8 Å². The minimum atomic E-state index is -6.48. The normalized spacial score (nSPS) is 15.9. The molecule has 2 N–H and O–H groups in total. The minimum absolute atomic E-state index is 0.142. The summed E-state index contributed by atoms with van der Waals surface area (Å²) in [5, 5.41) is 5.66. The molecule has 2 amide bonds. The van der Waals surface area contributed by atoms with E-state index in [1.54, 1.807) is 10.6 Å². The molecule has 0 unspecified atom stereocenters. The van der Waals surface area contributed by atoms with Crippen molar-refractivity contribution in [2.24, 2.45) is 7.05 Å². The third kappa shape index (κ3) is 5.17. The van der Waals surface area contributed by atoms with Crippen LogP contribution in [0.15, 0.2) is 18.2 Å². The number of hydrogen-bond acceptors (Lipinski definition) is 3. The molecule has 6 nitrogen and oxygen atoms in total. The highest BCUT2D eigenvalue weighted by Crippen LogP contribution is 2.50. The predicted molar refractivity (Wildman–Crippen MR) is 103 cm³/mol. The van der Waals surface area contributed by atoms with E-state index in [0.717, 1.165) is 12.1 Å². The number of alkyl halides is 11. The van der Waals surface area contributed by atoms with Gasteiger partial charge in [-0.3, -0.25) is 14.3 Å². The number of benzene rings is 1. The Hall–Kier alpha value is -3.11. The standard InChI is InChI=1S/C19H12ClF11N4O2/c1-35-11(10(17(23,24)25)12(34-35)16(21,22)19(29,30)31)14(37)32-7-2-3-9(20)8(6-7)13(36)33-15(4-5-15)18(26,27)28/h2-3,6H,4-5H2,1H3,(H,32,37)(H,33,36). The summed E-state index contributed by atoms with van der Waals surface area (Å²) in [7, 11) is 0.507. The number of carbonyl (C=O) groups excluding carboxylic acids is 2. The van der Waals surface area contributed by atoms with Gasteiger partial charge in [0.1, 0.15) is 16.8 Å². The molecular weight excluding hydrogens is 561 g/mol. The molecule has 18 heteroatoms.